The normalized spacial score (nSPS) is 20.1. The van der Waals surface area contributed by atoms with Crippen molar-refractivity contribution < 1.29 is 19.4 Å². The number of amides is 3. The summed E-state index contributed by atoms with van der Waals surface area (Å²) in [4.78, 5) is 37.8. The van der Waals surface area contributed by atoms with Gasteiger partial charge >= 0.3 is 6.03 Å². The van der Waals surface area contributed by atoms with E-state index in [1.807, 2.05) is 43.3 Å². The molecular formula is C29H26N4O4. The van der Waals surface area contributed by atoms with E-state index in [0.717, 1.165) is 16.8 Å². The fourth-order valence-electron chi connectivity index (χ4n) is 4.72. The zero-order valence-corrected chi connectivity index (χ0v) is 20.3. The second-order valence-corrected chi connectivity index (χ2v) is 8.94. The van der Waals surface area contributed by atoms with E-state index < -0.39 is 18.1 Å². The Kier molecular flexibility index (Phi) is 6.71. The monoisotopic (exact) mass is 494 g/mol. The SMILES string of the molecule is C#CC1=CCC2=NC([C@H]([C@@H](C)c3ccccc3)N3C(=O)N[C@H](c4ccc(OCCO)cc4)C3=O)=NC2=C1. The highest BCUT2D eigenvalue weighted by Crippen LogP contribution is 2.34. The number of aliphatic imine (C=N–C) groups is 2. The highest BCUT2D eigenvalue weighted by molar-refractivity contribution is 6.18. The second kappa shape index (κ2) is 10.2. The maximum Gasteiger partial charge on any atom is 0.325 e. The van der Waals surface area contributed by atoms with E-state index in [1.165, 1.54) is 4.90 Å². The summed E-state index contributed by atoms with van der Waals surface area (Å²) >= 11 is 0. The van der Waals surface area contributed by atoms with E-state index in [-0.39, 0.29) is 25.0 Å². The van der Waals surface area contributed by atoms with Crippen LogP contribution in [-0.2, 0) is 4.79 Å². The number of hydrogen-bond acceptors (Lipinski definition) is 6. The van der Waals surface area contributed by atoms with Gasteiger partial charge in [-0.2, -0.15) is 0 Å². The highest BCUT2D eigenvalue weighted by atomic mass is 16.5. The van der Waals surface area contributed by atoms with Crippen molar-refractivity contribution in [3.8, 4) is 18.1 Å². The molecule has 8 nitrogen and oxygen atoms in total. The standard InChI is InChI=1S/C29H26N4O4/c1-3-19-9-14-23-24(17-19)31-27(30-23)26(18(2)20-7-5-4-6-8-20)33-28(35)25(32-29(33)36)21-10-12-22(13-11-21)37-16-15-34/h1,4-13,17-18,25-26,34H,14-16H2,2H3,(H,32,36)/t18-,25+,26-/m0/s1. The van der Waals surface area contributed by atoms with Crippen LogP contribution in [0.25, 0.3) is 0 Å². The molecule has 186 valence electrons. The van der Waals surface area contributed by atoms with Crippen molar-refractivity contribution in [3.05, 3.63) is 89.1 Å². The molecule has 2 aromatic carbocycles. The van der Waals surface area contributed by atoms with Gasteiger partial charge in [0.15, 0.2) is 5.84 Å². The first kappa shape index (κ1) is 24.2. The molecule has 0 saturated carbocycles. The van der Waals surface area contributed by atoms with Crippen LogP contribution in [0.5, 0.6) is 5.75 Å². The van der Waals surface area contributed by atoms with Crippen LogP contribution < -0.4 is 10.1 Å². The zero-order chi connectivity index (χ0) is 25.9. The van der Waals surface area contributed by atoms with Gasteiger partial charge in [-0.25, -0.2) is 14.8 Å². The number of fused-ring (bicyclic) bond motifs is 1. The quantitative estimate of drug-likeness (QED) is 0.433. The number of terminal acetylenes is 1. The molecule has 37 heavy (non-hydrogen) atoms. The Morgan fingerprint density at radius 3 is 2.62 bits per heavy atom. The number of ether oxygens (including phenoxy) is 1. The number of carbonyl (C=O) groups excluding carboxylic acids is 2. The van der Waals surface area contributed by atoms with Gasteiger partial charge in [-0.3, -0.25) is 9.69 Å². The van der Waals surface area contributed by atoms with Crippen molar-refractivity contribution in [2.45, 2.75) is 31.3 Å². The average molecular weight is 495 g/mol. The summed E-state index contributed by atoms with van der Waals surface area (Å²) in [6, 6.07) is 14.5. The third-order valence-corrected chi connectivity index (χ3v) is 6.64. The molecule has 0 spiro atoms. The van der Waals surface area contributed by atoms with Gasteiger partial charge in [-0.1, -0.05) is 61.4 Å². The summed E-state index contributed by atoms with van der Waals surface area (Å²) in [5, 5.41) is 11.8. The average Bonchev–Trinajstić information content (AvgIpc) is 3.48. The topological polar surface area (TPSA) is 104 Å². The predicted octanol–water partition coefficient (Wildman–Crippen LogP) is 3.52. The van der Waals surface area contributed by atoms with Gasteiger partial charge in [0.05, 0.1) is 18.0 Å². The summed E-state index contributed by atoms with van der Waals surface area (Å²) < 4.78 is 5.41. The Morgan fingerprint density at radius 1 is 1.16 bits per heavy atom. The van der Waals surface area contributed by atoms with E-state index in [0.29, 0.717) is 29.3 Å². The highest BCUT2D eigenvalue weighted by Gasteiger charge is 2.47. The maximum absolute atomic E-state index is 13.7. The summed E-state index contributed by atoms with van der Waals surface area (Å²) in [6.45, 7) is 2.04. The lowest BCUT2D eigenvalue weighted by atomic mass is 9.91. The largest absolute Gasteiger partial charge is 0.491 e. The van der Waals surface area contributed by atoms with Gasteiger partial charge < -0.3 is 15.2 Å². The van der Waals surface area contributed by atoms with E-state index in [4.69, 9.17) is 26.3 Å². The lowest BCUT2D eigenvalue weighted by molar-refractivity contribution is -0.128. The number of urea groups is 1. The molecule has 0 radical (unpaired) electrons. The molecule has 3 amide bonds. The van der Waals surface area contributed by atoms with Crippen molar-refractivity contribution >= 4 is 23.5 Å². The number of carbonyl (C=O) groups is 2. The first-order valence-electron chi connectivity index (χ1n) is 12.1. The van der Waals surface area contributed by atoms with Gasteiger partial charge in [0.25, 0.3) is 5.91 Å². The van der Waals surface area contributed by atoms with E-state index >= 15 is 0 Å². The molecule has 1 saturated heterocycles. The molecule has 5 rings (SSSR count). The molecule has 3 atom stereocenters. The van der Waals surface area contributed by atoms with Crippen LogP contribution in [-0.4, -0.2) is 52.7 Å². The summed E-state index contributed by atoms with van der Waals surface area (Å²) in [5.41, 5.74) is 3.74. The Hall–Kier alpha value is -4.48. The van der Waals surface area contributed by atoms with E-state index in [9.17, 15) is 9.59 Å². The molecule has 2 aromatic rings. The van der Waals surface area contributed by atoms with Crippen LogP contribution in [0, 0.1) is 12.3 Å². The third-order valence-electron chi connectivity index (χ3n) is 6.64. The molecule has 2 heterocycles. The number of nitrogens with one attached hydrogen (secondary N) is 1. The van der Waals surface area contributed by atoms with Crippen LogP contribution in [0.4, 0.5) is 4.79 Å². The number of allylic oxidation sites excluding steroid dienone is 4. The Balaban J connectivity index is 1.49. The maximum atomic E-state index is 13.7. The van der Waals surface area contributed by atoms with Gasteiger partial charge in [0.2, 0.25) is 0 Å². The second-order valence-electron chi connectivity index (χ2n) is 8.94. The molecule has 0 aromatic heterocycles. The molecule has 0 bridgehead atoms. The lowest BCUT2D eigenvalue weighted by Crippen LogP contribution is -2.47. The molecule has 1 aliphatic carbocycles. The number of amidine groups is 1. The molecule has 1 fully saturated rings. The number of benzene rings is 2. The summed E-state index contributed by atoms with van der Waals surface area (Å²) in [7, 11) is 0. The Bertz CT molecular complexity index is 1380. The number of rotatable bonds is 8. The van der Waals surface area contributed by atoms with Crippen LogP contribution in [0.1, 0.15) is 36.4 Å². The van der Waals surface area contributed by atoms with Crippen molar-refractivity contribution in [3.63, 3.8) is 0 Å². The fourth-order valence-corrected chi connectivity index (χ4v) is 4.72. The van der Waals surface area contributed by atoms with Crippen molar-refractivity contribution in [1.29, 1.82) is 0 Å². The zero-order valence-electron chi connectivity index (χ0n) is 20.3. The van der Waals surface area contributed by atoms with Crippen molar-refractivity contribution in [2.75, 3.05) is 13.2 Å². The van der Waals surface area contributed by atoms with Gasteiger partial charge in [-0.05, 0) is 29.3 Å². The van der Waals surface area contributed by atoms with E-state index in [1.54, 1.807) is 30.3 Å². The number of imide groups is 1. The smallest absolute Gasteiger partial charge is 0.325 e. The van der Waals surface area contributed by atoms with Crippen molar-refractivity contribution in [2.24, 2.45) is 9.98 Å². The first-order valence-corrected chi connectivity index (χ1v) is 12.1. The van der Waals surface area contributed by atoms with Gasteiger partial charge in [-0.15, -0.1) is 6.42 Å². The predicted molar refractivity (Wildman–Crippen MR) is 140 cm³/mol. The number of aliphatic hydroxyl groups excluding tert-OH is 1. The Morgan fingerprint density at radius 2 is 1.92 bits per heavy atom. The summed E-state index contributed by atoms with van der Waals surface area (Å²) in [6.07, 6.45) is 9.82. The van der Waals surface area contributed by atoms with Gasteiger partial charge in [0, 0.05) is 17.9 Å². The molecular weight excluding hydrogens is 468 g/mol. The number of hydrogen-bond donors (Lipinski definition) is 2. The Labute approximate surface area is 215 Å². The van der Waals surface area contributed by atoms with Crippen LogP contribution >= 0.6 is 0 Å². The lowest BCUT2D eigenvalue weighted by Gasteiger charge is -2.30. The van der Waals surface area contributed by atoms with E-state index in [2.05, 4.69) is 11.2 Å². The molecule has 8 heteroatoms. The van der Waals surface area contributed by atoms with Crippen LogP contribution in [0.15, 0.2) is 88.0 Å². The summed E-state index contributed by atoms with van der Waals surface area (Å²) in [5.74, 6) is 2.95. The minimum atomic E-state index is -0.851. The number of aliphatic hydroxyl groups is 1. The van der Waals surface area contributed by atoms with Gasteiger partial charge in [0.1, 0.15) is 24.4 Å². The van der Waals surface area contributed by atoms with Crippen LogP contribution in [0.3, 0.4) is 0 Å². The third kappa shape index (κ3) is 4.69. The van der Waals surface area contributed by atoms with Crippen molar-refractivity contribution in [1.82, 2.24) is 10.2 Å². The first-order chi connectivity index (χ1) is 18.0. The fraction of sp³-hybridized carbons (Fsp3) is 0.241. The molecule has 0 unspecified atom stereocenters. The minimum absolute atomic E-state index is 0.0973. The number of nitrogens with zero attached hydrogens (tertiary/aromatic N) is 3. The molecule has 3 aliphatic rings. The van der Waals surface area contributed by atoms with Crippen LogP contribution in [0.2, 0.25) is 0 Å². The molecule has 2 N–H and O–H groups in total. The minimum Gasteiger partial charge on any atom is -0.491 e. The molecule has 2 aliphatic heterocycles.